The van der Waals surface area contributed by atoms with Crippen molar-refractivity contribution in [2.45, 2.75) is 20.8 Å². The fraction of sp³-hybridized carbons (Fsp3) is 1.00. The van der Waals surface area contributed by atoms with Crippen molar-refractivity contribution >= 4 is 17.7 Å². The number of hydrogen-bond donors (Lipinski definition) is 1. The van der Waals surface area contributed by atoms with Gasteiger partial charge in [-0.1, -0.05) is 3.89 Å². The van der Waals surface area contributed by atoms with Gasteiger partial charge in [-0.3, -0.25) is 0 Å². The topological polar surface area (TPSA) is 46.2 Å². The van der Waals surface area contributed by atoms with Gasteiger partial charge in [0.15, 0.2) is 0 Å². The van der Waals surface area contributed by atoms with Gasteiger partial charge in [0.05, 0.1) is 18.5 Å². The van der Waals surface area contributed by atoms with Crippen LogP contribution in [0.2, 0.25) is 0 Å². The molecule has 80 valence electrons. The second kappa shape index (κ2) is 5.23. The zero-order valence-electron chi connectivity index (χ0n) is 8.38. The lowest BCUT2D eigenvalue weighted by Crippen LogP contribution is -2.25. The molecular weight excluding hydrogens is 212 g/mol. The maximum absolute atomic E-state index is 12.2. The van der Waals surface area contributed by atoms with Crippen molar-refractivity contribution in [2.24, 2.45) is 0 Å². The lowest BCUT2D eigenvalue weighted by atomic mass is 10.9. The summed E-state index contributed by atoms with van der Waals surface area (Å²) in [7, 11) is -5.78. The monoisotopic (exact) mass is 230 g/mol. The molecule has 0 saturated heterocycles. The Morgan fingerprint density at radius 2 is 1.54 bits per heavy atom. The van der Waals surface area contributed by atoms with E-state index in [0.29, 0.717) is 6.29 Å². The molecule has 0 aromatic carbocycles. The van der Waals surface area contributed by atoms with Crippen LogP contribution in [-0.2, 0) is 10.4 Å². The van der Waals surface area contributed by atoms with Crippen LogP contribution in [0.15, 0.2) is 0 Å². The van der Waals surface area contributed by atoms with Crippen molar-refractivity contribution < 1.29 is 12.3 Å². The van der Waals surface area contributed by atoms with Crippen LogP contribution < -0.4 is 4.72 Å². The number of halogens is 1. The van der Waals surface area contributed by atoms with Crippen LogP contribution in [0.25, 0.3) is 0 Å². The molecule has 0 aliphatic heterocycles. The summed E-state index contributed by atoms with van der Waals surface area (Å²) in [6.07, 6.45) is 3.18. The lowest BCUT2D eigenvalue weighted by Gasteiger charge is -2.22. The van der Waals surface area contributed by atoms with Crippen LogP contribution >= 0.6 is 7.26 Å². The van der Waals surface area contributed by atoms with E-state index in [1.54, 1.807) is 0 Å². The fourth-order valence-corrected chi connectivity index (χ4v) is 4.94. The van der Waals surface area contributed by atoms with Gasteiger partial charge in [-0.05, 0) is 20.8 Å². The maximum Gasteiger partial charge on any atom is 0.375 e. The first-order valence-corrected chi connectivity index (χ1v) is 8.34. The molecule has 0 aliphatic rings. The van der Waals surface area contributed by atoms with Crippen molar-refractivity contribution in [1.82, 2.24) is 4.72 Å². The Balaban J connectivity index is 4.27. The number of hydrogen-bond acceptors (Lipinski definition) is 2. The highest BCUT2D eigenvalue weighted by Crippen LogP contribution is 2.56. The Morgan fingerprint density at radius 1 is 1.15 bits per heavy atom. The molecule has 0 aliphatic carbocycles. The van der Waals surface area contributed by atoms with E-state index < -0.39 is 17.7 Å². The maximum atomic E-state index is 12.2. The molecule has 13 heavy (non-hydrogen) atoms. The van der Waals surface area contributed by atoms with E-state index in [1.165, 1.54) is 0 Å². The van der Waals surface area contributed by atoms with Gasteiger partial charge in [0.1, 0.15) is 6.29 Å². The van der Waals surface area contributed by atoms with Gasteiger partial charge in [0.25, 0.3) is 0 Å². The minimum Gasteiger partial charge on any atom is -0.177 e. The minimum absolute atomic E-state index is 0.301. The fourth-order valence-electron chi connectivity index (χ4n) is 1.22. The van der Waals surface area contributed by atoms with E-state index in [1.807, 2.05) is 25.5 Å². The van der Waals surface area contributed by atoms with Gasteiger partial charge >= 0.3 is 10.4 Å². The van der Waals surface area contributed by atoms with E-state index in [0.717, 1.165) is 18.5 Å². The highest BCUT2D eigenvalue weighted by molar-refractivity contribution is 7.85. The Labute approximate surface area is 80.8 Å². The van der Waals surface area contributed by atoms with Crippen molar-refractivity contribution in [3.63, 3.8) is 0 Å². The molecule has 0 radical (unpaired) electrons. The SMILES string of the molecule is CC[P+](CC)(CC)CNS(=O)(=O)F. The highest BCUT2D eigenvalue weighted by Gasteiger charge is 2.32. The van der Waals surface area contributed by atoms with Gasteiger partial charge in [0, 0.05) is 7.26 Å². The lowest BCUT2D eigenvalue weighted by molar-refractivity contribution is 0.541. The van der Waals surface area contributed by atoms with Gasteiger partial charge in [-0.25, -0.2) is 0 Å². The predicted molar refractivity (Wildman–Crippen MR) is 56.6 cm³/mol. The molecule has 3 nitrogen and oxygen atoms in total. The molecule has 0 bridgehead atoms. The molecule has 0 aromatic heterocycles. The summed E-state index contributed by atoms with van der Waals surface area (Å²) in [5.74, 6) is 0. The van der Waals surface area contributed by atoms with Crippen LogP contribution in [0.1, 0.15) is 20.8 Å². The smallest absolute Gasteiger partial charge is 0.177 e. The Morgan fingerprint density at radius 3 is 1.77 bits per heavy atom. The standard InChI is InChI=1S/C7H18FNO2PS/c1-4-12(5-2,6-3)7-9-13(8,10)11/h9H,4-7H2,1-3H3/q+1. The Bertz CT molecular complexity index is 231. The van der Waals surface area contributed by atoms with Gasteiger partial charge in [-0.15, -0.1) is 0 Å². The number of nitrogens with one attached hydrogen (secondary N) is 1. The van der Waals surface area contributed by atoms with Gasteiger partial charge in [0.2, 0.25) is 0 Å². The average molecular weight is 230 g/mol. The molecule has 0 rings (SSSR count). The van der Waals surface area contributed by atoms with E-state index in [4.69, 9.17) is 0 Å². The largest absolute Gasteiger partial charge is 0.375 e. The first-order valence-electron chi connectivity index (χ1n) is 4.43. The second-order valence-corrected chi connectivity index (χ2v) is 9.09. The van der Waals surface area contributed by atoms with E-state index in [2.05, 4.69) is 0 Å². The van der Waals surface area contributed by atoms with Gasteiger partial charge in [-0.2, -0.15) is 13.1 Å². The molecule has 0 atom stereocenters. The van der Waals surface area contributed by atoms with Crippen LogP contribution in [0.3, 0.4) is 0 Å². The van der Waals surface area contributed by atoms with Crippen LogP contribution in [-0.4, -0.2) is 33.2 Å². The summed E-state index contributed by atoms with van der Waals surface area (Å²) in [5.41, 5.74) is 0. The summed E-state index contributed by atoms with van der Waals surface area (Å²) in [6, 6.07) is 0. The van der Waals surface area contributed by atoms with Crippen molar-refractivity contribution in [3.05, 3.63) is 0 Å². The van der Waals surface area contributed by atoms with E-state index >= 15 is 0 Å². The first-order chi connectivity index (χ1) is 5.89. The average Bonchev–Trinajstić information content (AvgIpc) is 2.06. The van der Waals surface area contributed by atoms with Gasteiger partial charge < -0.3 is 0 Å². The molecule has 0 saturated carbocycles. The molecular formula is C7H18FNO2PS+. The first kappa shape index (κ1) is 13.3. The molecule has 0 heterocycles. The highest BCUT2D eigenvalue weighted by atomic mass is 32.3. The zero-order chi connectivity index (χ0) is 10.5. The van der Waals surface area contributed by atoms with E-state index in [9.17, 15) is 12.3 Å². The summed E-state index contributed by atoms with van der Waals surface area (Å²) in [5, 5.41) is 0. The summed E-state index contributed by atoms with van der Waals surface area (Å²) in [6.45, 7) is 6.11. The summed E-state index contributed by atoms with van der Waals surface area (Å²) < 4.78 is 34.7. The summed E-state index contributed by atoms with van der Waals surface area (Å²) in [4.78, 5) is 0. The Hall–Kier alpha value is 0.270. The third-order valence-electron chi connectivity index (χ3n) is 2.58. The van der Waals surface area contributed by atoms with Crippen LogP contribution in [0, 0.1) is 0 Å². The van der Waals surface area contributed by atoms with Crippen LogP contribution in [0.4, 0.5) is 3.89 Å². The molecule has 1 N–H and O–H groups in total. The normalized spacial score (nSPS) is 13.2. The van der Waals surface area contributed by atoms with Crippen LogP contribution in [0.5, 0.6) is 0 Å². The molecule has 0 aromatic rings. The third-order valence-corrected chi connectivity index (χ3v) is 8.14. The van der Waals surface area contributed by atoms with Crippen molar-refractivity contribution in [2.75, 3.05) is 24.8 Å². The quantitative estimate of drug-likeness (QED) is 0.559. The number of rotatable bonds is 6. The molecule has 6 heteroatoms. The minimum atomic E-state index is -4.51. The van der Waals surface area contributed by atoms with E-state index in [-0.39, 0.29) is 0 Å². The molecule has 0 amide bonds. The summed E-state index contributed by atoms with van der Waals surface area (Å²) >= 11 is 0. The third kappa shape index (κ3) is 4.89. The Kier molecular flexibility index (Phi) is 5.33. The molecule has 0 unspecified atom stereocenters. The molecule has 0 fully saturated rings. The molecule has 0 spiro atoms. The van der Waals surface area contributed by atoms with Crippen molar-refractivity contribution in [1.29, 1.82) is 0 Å². The second-order valence-electron chi connectivity index (χ2n) is 3.03. The predicted octanol–water partition coefficient (Wildman–Crippen LogP) is 1.83. The van der Waals surface area contributed by atoms with Crippen molar-refractivity contribution in [3.8, 4) is 0 Å². The zero-order valence-corrected chi connectivity index (χ0v) is 10.1.